The number of hydrogen-bond acceptors (Lipinski definition) is 5. The molecule has 1 fully saturated rings. The van der Waals surface area contributed by atoms with Crippen molar-refractivity contribution in [2.24, 2.45) is 0 Å². The molecule has 0 radical (unpaired) electrons. The van der Waals surface area contributed by atoms with Crippen LogP contribution in [-0.2, 0) is 12.8 Å². The quantitative estimate of drug-likeness (QED) is 0.914. The maximum absolute atomic E-state index is 5.37. The van der Waals surface area contributed by atoms with Gasteiger partial charge in [-0.05, 0) is 43.5 Å². The third-order valence-corrected chi connectivity index (χ3v) is 3.93. The summed E-state index contributed by atoms with van der Waals surface area (Å²) in [7, 11) is 1.68. The summed E-state index contributed by atoms with van der Waals surface area (Å²) in [6, 6.07) is 8.09. The van der Waals surface area contributed by atoms with Crippen LogP contribution >= 0.6 is 0 Å². The molecule has 1 unspecified atom stereocenters. The molecule has 0 spiro atoms. The van der Waals surface area contributed by atoms with E-state index in [2.05, 4.69) is 27.6 Å². The maximum Gasteiger partial charge on any atom is 0.226 e. The Labute approximate surface area is 124 Å². The minimum absolute atomic E-state index is 0.400. The lowest BCUT2D eigenvalue weighted by Crippen LogP contribution is -2.28. The maximum atomic E-state index is 5.37. The SMILES string of the molecule is COc1ccc(CCc2nc(C3CCCNC3)no2)cc1. The zero-order valence-corrected chi connectivity index (χ0v) is 12.3. The second kappa shape index (κ2) is 6.72. The normalized spacial score (nSPS) is 18.6. The molecule has 112 valence electrons. The van der Waals surface area contributed by atoms with Crippen molar-refractivity contribution < 1.29 is 9.26 Å². The van der Waals surface area contributed by atoms with Crippen LogP contribution in [0.5, 0.6) is 5.75 Å². The van der Waals surface area contributed by atoms with E-state index in [-0.39, 0.29) is 0 Å². The first-order valence-corrected chi connectivity index (χ1v) is 7.51. The Bertz CT molecular complexity index is 559. The van der Waals surface area contributed by atoms with Gasteiger partial charge in [-0.2, -0.15) is 4.98 Å². The van der Waals surface area contributed by atoms with Crippen molar-refractivity contribution in [1.29, 1.82) is 0 Å². The summed E-state index contributed by atoms with van der Waals surface area (Å²) in [4.78, 5) is 4.54. The summed E-state index contributed by atoms with van der Waals surface area (Å²) in [6.45, 7) is 2.05. The van der Waals surface area contributed by atoms with Crippen LogP contribution < -0.4 is 10.1 Å². The number of nitrogens with one attached hydrogen (secondary N) is 1. The van der Waals surface area contributed by atoms with Crippen molar-refractivity contribution in [2.45, 2.75) is 31.6 Å². The average molecular weight is 287 g/mol. The Morgan fingerprint density at radius 3 is 2.86 bits per heavy atom. The van der Waals surface area contributed by atoms with Gasteiger partial charge in [0.05, 0.1) is 7.11 Å². The van der Waals surface area contributed by atoms with Crippen molar-refractivity contribution >= 4 is 0 Å². The lowest BCUT2D eigenvalue weighted by Gasteiger charge is -2.19. The minimum atomic E-state index is 0.400. The number of methoxy groups -OCH3 is 1. The Hall–Kier alpha value is -1.88. The Morgan fingerprint density at radius 1 is 1.29 bits per heavy atom. The minimum Gasteiger partial charge on any atom is -0.497 e. The van der Waals surface area contributed by atoms with Gasteiger partial charge in [0.2, 0.25) is 5.89 Å². The largest absolute Gasteiger partial charge is 0.497 e. The van der Waals surface area contributed by atoms with Crippen LogP contribution in [0.25, 0.3) is 0 Å². The van der Waals surface area contributed by atoms with E-state index in [1.165, 1.54) is 12.0 Å². The van der Waals surface area contributed by atoms with Gasteiger partial charge >= 0.3 is 0 Å². The molecule has 1 N–H and O–H groups in total. The first-order chi connectivity index (χ1) is 10.3. The second-order valence-corrected chi connectivity index (χ2v) is 5.44. The van der Waals surface area contributed by atoms with Crippen molar-refractivity contribution in [2.75, 3.05) is 20.2 Å². The molecule has 21 heavy (non-hydrogen) atoms. The molecule has 2 heterocycles. The lowest BCUT2D eigenvalue weighted by atomic mass is 9.99. The zero-order valence-electron chi connectivity index (χ0n) is 12.3. The first kappa shape index (κ1) is 14.1. The van der Waals surface area contributed by atoms with Crippen LogP contribution in [0, 0.1) is 0 Å². The monoisotopic (exact) mass is 287 g/mol. The Kier molecular flexibility index (Phi) is 4.50. The molecule has 0 amide bonds. The summed E-state index contributed by atoms with van der Waals surface area (Å²) in [5, 5.41) is 7.51. The molecular formula is C16H21N3O2. The number of piperidine rings is 1. The van der Waals surface area contributed by atoms with Gasteiger partial charge in [0.1, 0.15) is 5.75 Å². The average Bonchev–Trinajstić information content (AvgIpc) is 3.03. The number of aromatic nitrogens is 2. The van der Waals surface area contributed by atoms with Crippen LogP contribution in [0.15, 0.2) is 28.8 Å². The molecule has 1 aliphatic heterocycles. The van der Waals surface area contributed by atoms with Gasteiger partial charge in [0, 0.05) is 18.9 Å². The summed E-state index contributed by atoms with van der Waals surface area (Å²) >= 11 is 0. The highest BCUT2D eigenvalue weighted by Crippen LogP contribution is 2.21. The first-order valence-electron chi connectivity index (χ1n) is 7.51. The molecule has 1 aromatic heterocycles. The zero-order chi connectivity index (χ0) is 14.5. The molecule has 0 aliphatic carbocycles. The number of benzene rings is 1. The van der Waals surface area contributed by atoms with Gasteiger partial charge < -0.3 is 14.6 Å². The summed E-state index contributed by atoms with van der Waals surface area (Å²) in [5.41, 5.74) is 1.25. The van der Waals surface area contributed by atoms with Crippen molar-refractivity contribution in [3.63, 3.8) is 0 Å². The molecule has 0 bridgehead atoms. The van der Waals surface area contributed by atoms with E-state index in [1.807, 2.05) is 12.1 Å². The molecule has 0 saturated carbocycles. The highest BCUT2D eigenvalue weighted by molar-refractivity contribution is 5.27. The van der Waals surface area contributed by atoms with Gasteiger partial charge in [-0.1, -0.05) is 17.3 Å². The Morgan fingerprint density at radius 2 is 2.14 bits per heavy atom. The van der Waals surface area contributed by atoms with Crippen molar-refractivity contribution in [1.82, 2.24) is 15.5 Å². The van der Waals surface area contributed by atoms with E-state index < -0.39 is 0 Å². The second-order valence-electron chi connectivity index (χ2n) is 5.44. The highest BCUT2D eigenvalue weighted by Gasteiger charge is 2.20. The van der Waals surface area contributed by atoms with Gasteiger partial charge in [0.15, 0.2) is 5.82 Å². The predicted octanol–water partition coefficient (Wildman–Crippen LogP) is 2.33. The van der Waals surface area contributed by atoms with Gasteiger partial charge in [-0.3, -0.25) is 0 Å². The van der Waals surface area contributed by atoms with Crippen molar-refractivity contribution in [3.8, 4) is 5.75 Å². The molecule has 5 nitrogen and oxygen atoms in total. The van der Waals surface area contributed by atoms with Crippen LogP contribution in [0.3, 0.4) is 0 Å². The fourth-order valence-electron chi connectivity index (χ4n) is 2.65. The topological polar surface area (TPSA) is 60.2 Å². The van der Waals surface area contributed by atoms with Gasteiger partial charge in [0.25, 0.3) is 0 Å². The number of aryl methyl sites for hydroxylation is 2. The Balaban J connectivity index is 1.56. The summed E-state index contributed by atoms with van der Waals surface area (Å²) < 4.78 is 10.5. The third-order valence-electron chi connectivity index (χ3n) is 3.93. The molecule has 1 saturated heterocycles. The molecule has 5 heteroatoms. The van der Waals surface area contributed by atoms with E-state index in [4.69, 9.17) is 9.26 Å². The van der Waals surface area contributed by atoms with Crippen molar-refractivity contribution in [3.05, 3.63) is 41.5 Å². The number of rotatable bonds is 5. The van der Waals surface area contributed by atoms with Gasteiger partial charge in [-0.15, -0.1) is 0 Å². The molecule has 2 aromatic rings. The number of ether oxygens (including phenoxy) is 1. The van der Waals surface area contributed by atoms with Gasteiger partial charge in [-0.25, -0.2) is 0 Å². The number of hydrogen-bond donors (Lipinski definition) is 1. The molecule has 1 atom stereocenters. The predicted molar refractivity (Wildman–Crippen MR) is 79.5 cm³/mol. The fraction of sp³-hybridized carbons (Fsp3) is 0.500. The molecule has 1 aliphatic rings. The highest BCUT2D eigenvalue weighted by atomic mass is 16.5. The van der Waals surface area contributed by atoms with E-state index in [9.17, 15) is 0 Å². The van der Waals surface area contributed by atoms with E-state index >= 15 is 0 Å². The molecular weight excluding hydrogens is 266 g/mol. The van der Waals surface area contributed by atoms with E-state index in [0.717, 1.165) is 49.8 Å². The molecule has 1 aromatic carbocycles. The third kappa shape index (κ3) is 3.61. The smallest absolute Gasteiger partial charge is 0.226 e. The fourth-order valence-corrected chi connectivity index (χ4v) is 2.65. The van der Waals surface area contributed by atoms with E-state index in [1.54, 1.807) is 7.11 Å². The van der Waals surface area contributed by atoms with Crippen LogP contribution in [0.2, 0.25) is 0 Å². The van der Waals surface area contributed by atoms with E-state index in [0.29, 0.717) is 5.92 Å². The van der Waals surface area contributed by atoms with Crippen LogP contribution in [0.4, 0.5) is 0 Å². The summed E-state index contributed by atoms with van der Waals surface area (Å²) in [5.74, 6) is 2.86. The van der Waals surface area contributed by atoms with Crippen LogP contribution in [-0.4, -0.2) is 30.3 Å². The molecule has 3 rings (SSSR count). The standard InChI is InChI=1S/C16H21N3O2/c1-20-14-7-4-12(5-8-14)6-9-15-18-16(19-21-15)13-3-2-10-17-11-13/h4-5,7-8,13,17H,2-3,6,9-11H2,1H3. The number of nitrogens with zero attached hydrogens (tertiary/aromatic N) is 2. The lowest BCUT2D eigenvalue weighted by molar-refractivity contribution is 0.361. The summed E-state index contributed by atoms with van der Waals surface area (Å²) in [6.07, 6.45) is 4.00. The van der Waals surface area contributed by atoms with Crippen LogP contribution in [0.1, 0.15) is 36.0 Å².